The van der Waals surface area contributed by atoms with Crippen LogP contribution in [0.3, 0.4) is 0 Å². The summed E-state index contributed by atoms with van der Waals surface area (Å²) in [6, 6.07) is 11.3. The molecule has 2 heterocycles. The van der Waals surface area contributed by atoms with Gasteiger partial charge in [0.05, 0.1) is 5.25 Å². The number of thioether (sulfide) groups is 1. The number of benzene rings is 1. The first-order valence-corrected chi connectivity index (χ1v) is 7.88. The van der Waals surface area contributed by atoms with Gasteiger partial charge in [0.1, 0.15) is 5.76 Å². The maximum absolute atomic E-state index is 12.1. The first-order chi connectivity index (χ1) is 11.1. The van der Waals surface area contributed by atoms with E-state index in [0.29, 0.717) is 22.6 Å². The van der Waals surface area contributed by atoms with Gasteiger partial charge in [-0.15, -0.1) is 5.10 Å². The number of aryl methyl sites for hydroxylation is 1. The number of H-pyrrole nitrogens is 1. The number of carbonyl (C=O) groups excluding carboxylic acids is 1. The van der Waals surface area contributed by atoms with Crippen molar-refractivity contribution < 1.29 is 9.32 Å². The Kier molecular flexibility index (Phi) is 4.42. The zero-order valence-electron chi connectivity index (χ0n) is 12.6. The van der Waals surface area contributed by atoms with Crippen molar-refractivity contribution in [3.63, 3.8) is 0 Å². The highest BCUT2D eigenvalue weighted by Gasteiger charge is 2.18. The van der Waals surface area contributed by atoms with Crippen molar-refractivity contribution in [1.29, 1.82) is 0 Å². The van der Waals surface area contributed by atoms with Crippen LogP contribution >= 0.6 is 11.8 Å². The second-order valence-corrected chi connectivity index (χ2v) is 6.21. The van der Waals surface area contributed by atoms with Crippen molar-refractivity contribution in [3.05, 3.63) is 42.2 Å². The SMILES string of the molecule is Cc1cc(NC(=O)[C@@H](C)Sc2n[nH]c(-c3ccccc3)n2)no1. The van der Waals surface area contributed by atoms with Crippen molar-refractivity contribution in [2.45, 2.75) is 24.3 Å². The topological polar surface area (TPSA) is 96.7 Å². The summed E-state index contributed by atoms with van der Waals surface area (Å²) in [5, 5.41) is 13.6. The van der Waals surface area contributed by atoms with Gasteiger partial charge in [0.25, 0.3) is 0 Å². The van der Waals surface area contributed by atoms with Crippen molar-refractivity contribution in [3.8, 4) is 11.4 Å². The average Bonchev–Trinajstić information content (AvgIpc) is 3.17. The Balaban J connectivity index is 1.62. The van der Waals surface area contributed by atoms with E-state index in [-0.39, 0.29) is 11.2 Å². The molecule has 0 bridgehead atoms. The number of nitrogens with one attached hydrogen (secondary N) is 2. The normalized spacial score (nSPS) is 12.1. The van der Waals surface area contributed by atoms with E-state index in [1.807, 2.05) is 30.3 Å². The molecule has 0 aliphatic carbocycles. The van der Waals surface area contributed by atoms with E-state index < -0.39 is 0 Å². The summed E-state index contributed by atoms with van der Waals surface area (Å²) in [7, 11) is 0. The number of hydrogen-bond donors (Lipinski definition) is 2. The molecular formula is C15H15N5O2S. The van der Waals surface area contributed by atoms with Gasteiger partial charge in [-0.25, -0.2) is 4.98 Å². The third kappa shape index (κ3) is 3.78. The van der Waals surface area contributed by atoms with E-state index in [1.165, 1.54) is 11.8 Å². The van der Waals surface area contributed by atoms with Crippen LogP contribution in [-0.4, -0.2) is 31.5 Å². The lowest BCUT2D eigenvalue weighted by atomic mass is 10.2. The van der Waals surface area contributed by atoms with Gasteiger partial charge >= 0.3 is 0 Å². The van der Waals surface area contributed by atoms with E-state index >= 15 is 0 Å². The Morgan fingerprint density at radius 3 is 2.83 bits per heavy atom. The number of carbonyl (C=O) groups is 1. The quantitative estimate of drug-likeness (QED) is 0.699. The largest absolute Gasteiger partial charge is 0.360 e. The molecule has 23 heavy (non-hydrogen) atoms. The minimum absolute atomic E-state index is 0.186. The maximum atomic E-state index is 12.1. The molecule has 8 heteroatoms. The van der Waals surface area contributed by atoms with Crippen molar-refractivity contribution in [2.24, 2.45) is 0 Å². The summed E-state index contributed by atoms with van der Waals surface area (Å²) in [4.78, 5) is 16.5. The van der Waals surface area contributed by atoms with E-state index in [9.17, 15) is 4.79 Å². The van der Waals surface area contributed by atoms with Crippen molar-refractivity contribution in [1.82, 2.24) is 20.3 Å². The lowest BCUT2D eigenvalue weighted by Crippen LogP contribution is -2.22. The number of aromatic amines is 1. The average molecular weight is 329 g/mol. The molecule has 1 atom stereocenters. The molecule has 0 fully saturated rings. The molecule has 0 radical (unpaired) electrons. The minimum atomic E-state index is -0.369. The molecule has 118 valence electrons. The number of anilines is 1. The van der Waals surface area contributed by atoms with Crippen LogP contribution in [0.15, 0.2) is 46.1 Å². The predicted octanol–water partition coefficient (Wildman–Crippen LogP) is 2.89. The standard InChI is InChI=1S/C15H15N5O2S/c1-9-8-12(20-22-9)16-14(21)10(2)23-15-17-13(18-19-15)11-6-4-3-5-7-11/h3-8,10H,1-2H3,(H,16,20,21)(H,17,18,19)/t10-/m1/s1. The van der Waals surface area contributed by atoms with Gasteiger partial charge in [-0.3, -0.25) is 9.89 Å². The first-order valence-electron chi connectivity index (χ1n) is 7.00. The van der Waals surface area contributed by atoms with Crippen molar-refractivity contribution in [2.75, 3.05) is 5.32 Å². The molecule has 1 amide bonds. The number of rotatable bonds is 5. The van der Waals surface area contributed by atoms with E-state index in [2.05, 4.69) is 25.7 Å². The highest BCUT2D eigenvalue weighted by atomic mass is 32.2. The molecule has 0 unspecified atom stereocenters. The molecule has 3 aromatic rings. The van der Waals surface area contributed by atoms with Crippen LogP contribution in [0, 0.1) is 6.92 Å². The van der Waals surface area contributed by atoms with E-state index in [0.717, 1.165) is 5.56 Å². The number of amides is 1. The molecule has 1 aromatic carbocycles. The number of hydrogen-bond acceptors (Lipinski definition) is 6. The lowest BCUT2D eigenvalue weighted by molar-refractivity contribution is -0.115. The predicted molar refractivity (Wildman–Crippen MR) is 87.0 cm³/mol. The number of nitrogens with zero attached hydrogens (tertiary/aromatic N) is 3. The maximum Gasteiger partial charge on any atom is 0.238 e. The summed E-state index contributed by atoms with van der Waals surface area (Å²) in [5.41, 5.74) is 0.946. The Bertz CT molecular complexity index is 799. The van der Waals surface area contributed by atoms with Gasteiger partial charge in [0.2, 0.25) is 11.1 Å². The third-order valence-electron chi connectivity index (χ3n) is 3.04. The molecule has 3 rings (SSSR count). The van der Waals surface area contributed by atoms with Gasteiger partial charge < -0.3 is 9.84 Å². The Morgan fingerprint density at radius 2 is 2.13 bits per heavy atom. The third-order valence-corrected chi connectivity index (χ3v) is 4.00. The van der Waals surface area contributed by atoms with Gasteiger partial charge in [0.15, 0.2) is 11.6 Å². The second kappa shape index (κ2) is 6.66. The zero-order valence-corrected chi connectivity index (χ0v) is 13.4. The molecule has 0 saturated carbocycles. The summed E-state index contributed by atoms with van der Waals surface area (Å²) in [6.07, 6.45) is 0. The van der Waals surface area contributed by atoms with E-state index in [4.69, 9.17) is 4.52 Å². The second-order valence-electron chi connectivity index (χ2n) is 4.90. The molecule has 2 aromatic heterocycles. The van der Waals surface area contributed by atoms with Crippen molar-refractivity contribution >= 4 is 23.5 Å². The molecule has 2 N–H and O–H groups in total. The first kappa shape index (κ1) is 15.3. The smallest absolute Gasteiger partial charge is 0.238 e. The Morgan fingerprint density at radius 1 is 1.35 bits per heavy atom. The zero-order chi connectivity index (χ0) is 16.2. The minimum Gasteiger partial charge on any atom is -0.360 e. The van der Waals surface area contributed by atoms with Crippen LogP contribution < -0.4 is 5.32 Å². The van der Waals surface area contributed by atoms with Gasteiger partial charge in [-0.05, 0) is 13.8 Å². The molecule has 0 spiro atoms. The Hall–Kier alpha value is -2.61. The fourth-order valence-corrected chi connectivity index (χ4v) is 2.61. The van der Waals surface area contributed by atoms with Crippen LogP contribution in [-0.2, 0) is 4.79 Å². The Labute approximate surface area is 136 Å². The van der Waals surface area contributed by atoms with Crippen LogP contribution in [0.2, 0.25) is 0 Å². The van der Waals surface area contributed by atoms with Crippen LogP contribution in [0.1, 0.15) is 12.7 Å². The van der Waals surface area contributed by atoms with E-state index in [1.54, 1.807) is 19.9 Å². The van der Waals surface area contributed by atoms with Crippen LogP contribution in [0.25, 0.3) is 11.4 Å². The molecule has 0 saturated heterocycles. The summed E-state index contributed by atoms with van der Waals surface area (Å²) in [6.45, 7) is 3.55. The van der Waals surface area contributed by atoms with Crippen LogP contribution in [0.5, 0.6) is 0 Å². The molecule has 0 aliphatic heterocycles. The van der Waals surface area contributed by atoms with Gasteiger partial charge in [-0.1, -0.05) is 47.3 Å². The van der Waals surface area contributed by atoms with Crippen LogP contribution in [0.4, 0.5) is 5.82 Å². The fraction of sp³-hybridized carbons (Fsp3) is 0.200. The lowest BCUT2D eigenvalue weighted by Gasteiger charge is -2.07. The summed E-state index contributed by atoms with van der Waals surface area (Å²) in [5.74, 6) is 1.53. The number of aromatic nitrogens is 4. The fourth-order valence-electron chi connectivity index (χ4n) is 1.89. The van der Waals surface area contributed by atoms with Gasteiger partial charge in [-0.2, -0.15) is 0 Å². The summed E-state index contributed by atoms with van der Waals surface area (Å²) < 4.78 is 4.91. The highest BCUT2D eigenvalue weighted by molar-refractivity contribution is 8.00. The molecule has 7 nitrogen and oxygen atoms in total. The molecular weight excluding hydrogens is 314 g/mol. The summed E-state index contributed by atoms with van der Waals surface area (Å²) >= 11 is 1.27. The monoisotopic (exact) mass is 329 g/mol. The highest BCUT2D eigenvalue weighted by Crippen LogP contribution is 2.23. The van der Waals surface area contributed by atoms with Gasteiger partial charge in [0, 0.05) is 11.6 Å². The molecule has 0 aliphatic rings.